The zero-order valence-corrected chi connectivity index (χ0v) is 16.5. The molecule has 1 saturated heterocycles. The van der Waals surface area contributed by atoms with Crippen molar-refractivity contribution in [3.05, 3.63) is 66.0 Å². The lowest BCUT2D eigenvalue weighted by Gasteiger charge is -2.23. The molecule has 3 aromatic rings. The Morgan fingerprint density at radius 1 is 1.28 bits per heavy atom. The number of carbonyl (C=O) groups excluding carboxylic acids is 1. The molecule has 8 heteroatoms. The zero-order chi connectivity index (χ0) is 20.2. The van der Waals surface area contributed by atoms with Crippen LogP contribution in [0.15, 0.2) is 48.9 Å². The molecule has 3 aromatic heterocycles. The molecule has 1 aliphatic rings. The van der Waals surface area contributed by atoms with Crippen LogP contribution in [0.25, 0.3) is 6.08 Å². The van der Waals surface area contributed by atoms with Crippen LogP contribution in [0.3, 0.4) is 0 Å². The van der Waals surface area contributed by atoms with Crippen LogP contribution in [0.5, 0.6) is 0 Å². The monoisotopic (exact) mass is 389 g/mol. The molecule has 0 saturated carbocycles. The van der Waals surface area contributed by atoms with Crippen LogP contribution in [0.1, 0.15) is 36.0 Å². The number of pyridine rings is 1. The van der Waals surface area contributed by atoms with Gasteiger partial charge < -0.3 is 10.2 Å². The Hall–Kier alpha value is -3.55. The molecule has 1 fully saturated rings. The summed E-state index contributed by atoms with van der Waals surface area (Å²) in [6, 6.07) is 7.50. The van der Waals surface area contributed by atoms with Crippen LogP contribution in [0, 0.1) is 6.92 Å². The highest BCUT2D eigenvalue weighted by Gasteiger charge is 2.30. The Morgan fingerprint density at radius 2 is 2.17 bits per heavy atom. The summed E-state index contributed by atoms with van der Waals surface area (Å²) in [6.45, 7) is 2.57. The number of amides is 1. The van der Waals surface area contributed by atoms with E-state index in [1.54, 1.807) is 29.2 Å². The lowest BCUT2D eigenvalue weighted by molar-refractivity contribution is -0.126. The van der Waals surface area contributed by atoms with Crippen molar-refractivity contribution in [1.29, 1.82) is 0 Å². The SMILES string of the molecule is Cc1nc(Nc2ccccn2)cc([C@@H]2CCCN2C(=O)/C=C/c2cnn(C)c2)n1. The van der Waals surface area contributed by atoms with Crippen molar-refractivity contribution in [2.75, 3.05) is 11.9 Å². The maximum absolute atomic E-state index is 12.8. The second-order valence-corrected chi connectivity index (χ2v) is 7.04. The minimum Gasteiger partial charge on any atom is -0.331 e. The topological polar surface area (TPSA) is 88.8 Å². The molecule has 0 aliphatic carbocycles. The summed E-state index contributed by atoms with van der Waals surface area (Å²) in [7, 11) is 1.85. The fraction of sp³-hybridized carbons (Fsp3) is 0.286. The van der Waals surface area contributed by atoms with Crippen molar-refractivity contribution >= 4 is 23.6 Å². The van der Waals surface area contributed by atoms with E-state index in [-0.39, 0.29) is 11.9 Å². The Morgan fingerprint density at radius 3 is 2.93 bits per heavy atom. The average Bonchev–Trinajstić information content (AvgIpc) is 3.35. The predicted octanol–water partition coefficient (Wildman–Crippen LogP) is 3.03. The van der Waals surface area contributed by atoms with E-state index < -0.39 is 0 Å². The third-order valence-electron chi connectivity index (χ3n) is 4.80. The van der Waals surface area contributed by atoms with Crippen LogP contribution in [0.2, 0.25) is 0 Å². The van der Waals surface area contributed by atoms with E-state index in [4.69, 9.17) is 0 Å². The number of aromatic nitrogens is 5. The summed E-state index contributed by atoms with van der Waals surface area (Å²) < 4.78 is 1.71. The van der Waals surface area contributed by atoms with Crippen LogP contribution in [0.4, 0.5) is 11.6 Å². The van der Waals surface area contributed by atoms with Gasteiger partial charge in [-0.15, -0.1) is 0 Å². The average molecular weight is 389 g/mol. The van der Waals surface area contributed by atoms with Gasteiger partial charge in [-0.1, -0.05) is 6.07 Å². The van der Waals surface area contributed by atoms with Crippen molar-refractivity contribution < 1.29 is 4.79 Å². The minimum absolute atomic E-state index is 0.0214. The number of likely N-dealkylation sites (tertiary alicyclic amines) is 1. The number of hydrogen-bond donors (Lipinski definition) is 1. The smallest absolute Gasteiger partial charge is 0.247 e. The van der Waals surface area contributed by atoms with Gasteiger partial charge in [-0.05, 0) is 38.0 Å². The lowest BCUT2D eigenvalue weighted by Crippen LogP contribution is -2.29. The molecule has 0 bridgehead atoms. The molecule has 0 radical (unpaired) electrons. The van der Waals surface area contributed by atoms with Gasteiger partial charge in [0.2, 0.25) is 5.91 Å². The summed E-state index contributed by atoms with van der Waals surface area (Å²) in [5.74, 6) is 2.03. The number of nitrogens with one attached hydrogen (secondary N) is 1. The van der Waals surface area contributed by atoms with Gasteiger partial charge in [0.15, 0.2) is 0 Å². The van der Waals surface area contributed by atoms with Gasteiger partial charge >= 0.3 is 0 Å². The molecule has 1 amide bonds. The van der Waals surface area contributed by atoms with Crippen molar-refractivity contribution in [3.8, 4) is 0 Å². The number of aryl methyl sites for hydroxylation is 2. The molecule has 4 heterocycles. The van der Waals surface area contributed by atoms with Crippen molar-refractivity contribution in [2.45, 2.75) is 25.8 Å². The number of carbonyl (C=O) groups is 1. The molecular formula is C21H23N7O. The zero-order valence-electron chi connectivity index (χ0n) is 16.5. The van der Waals surface area contributed by atoms with Gasteiger partial charge in [-0.25, -0.2) is 15.0 Å². The Labute approximate surface area is 169 Å². The minimum atomic E-state index is -0.0629. The predicted molar refractivity (Wildman–Crippen MR) is 110 cm³/mol. The Bertz CT molecular complexity index is 1030. The second-order valence-electron chi connectivity index (χ2n) is 7.04. The standard InChI is InChI=1S/C21H23N7O/c1-15-24-17(12-20(25-15)26-19-7-3-4-10-22-19)18-6-5-11-28(18)21(29)9-8-16-13-23-27(2)14-16/h3-4,7-10,12-14,18H,5-6,11H2,1-2H3,(H,22,24,25,26)/b9-8+/t18-/m0/s1. The first kappa shape index (κ1) is 18.8. The molecule has 29 heavy (non-hydrogen) atoms. The van der Waals surface area contributed by atoms with Crippen molar-refractivity contribution in [3.63, 3.8) is 0 Å². The lowest BCUT2D eigenvalue weighted by atomic mass is 10.1. The molecule has 4 rings (SSSR count). The van der Waals surface area contributed by atoms with E-state index in [9.17, 15) is 4.79 Å². The first-order valence-corrected chi connectivity index (χ1v) is 9.59. The summed E-state index contributed by atoms with van der Waals surface area (Å²) in [5.41, 5.74) is 1.74. The number of hydrogen-bond acceptors (Lipinski definition) is 6. The quantitative estimate of drug-likeness (QED) is 0.675. The summed E-state index contributed by atoms with van der Waals surface area (Å²) in [5, 5.41) is 7.33. The van der Waals surface area contributed by atoms with E-state index in [1.807, 2.05) is 49.3 Å². The fourth-order valence-electron chi connectivity index (χ4n) is 3.52. The van der Waals surface area contributed by atoms with E-state index in [0.29, 0.717) is 18.2 Å². The Balaban J connectivity index is 1.53. The van der Waals surface area contributed by atoms with Gasteiger partial charge in [0, 0.05) is 43.7 Å². The molecule has 0 unspecified atom stereocenters. The van der Waals surface area contributed by atoms with Crippen molar-refractivity contribution in [2.24, 2.45) is 7.05 Å². The first-order valence-electron chi connectivity index (χ1n) is 9.59. The third-order valence-corrected chi connectivity index (χ3v) is 4.80. The number of nitrogens with zero attached hydrogens (tertiary/aromatic N) is 6. The van der Waals surface area contributed by atoms with Crippen LogP contribution >= 0.6 is 0 Å². The van der Waals surface area contributed by atoms with E-state index in [0.717, 1.165) is 29.9 Å². The van der Waals surface area contributed by atoms with Gasteiger partial charge in [0.1, 0.15) is 17.5 Å². The van der Waals surface area contributed by atoms with Crippen LogP contribution in [-0.2, 0) is 11.8 Å². The van der Waals surface area contributed by atoms with Crippen LogP contribution < -0.4 is 5.32 Å². The molecular weight excluding hydrogens is 366 g/mol. The summed E-state index contributed by atoms with van der Waals surface area (Å²) >= 11 is 0. The normalized spacial score (nSPS) is 16.5. The molecule has 148 valence electrons. The molecule has 1 atom stereocenters. The van der Waals surface area contributed by atoms with E-state index in [2.05, 4.69) is 25.4 Å². The molecule has 0 spiro atoms. The molecule has 0 aromatic carbocycles. The summed E-state index contributed by atoms with van der Waals surface area (Å²) in [6.07, 6.45) is 10.6. The highest BCUT2D eigenvalue weighted by molar-refractivity contribution is 5.92. The van der Waals surface area contributed by atoms with Gasteiger partial charge in [-0.3, -0.25) is 9.48 Å². The van der Waals surface area contributed by atoms with E-state index in [1.165, 1.54) is 0 Å². The second kappa shape index (κ2) is 8.22. The van der Waals surface area contributed by atoms with E-state index >= 15 is 0 Å². The third kappa shape index (κ3) is 4.48. The van der Waals surface area contributed by atoms with Gasteiger partial charge in [0.05, 0.1) is 17.9 Å². The molecule has 1 N–H and O–H groups in total. The number of anilines is 2. The van der Waals surface area contributed by atoms with Gasteiger partial charge in [-0.2, -0.15) is 5.10 Å². The fourth-order valence-corrected chi connectivity index (χ4v) is 3.52. The maximum atomic E-state index is 12.8. The highest BCUT2D eigenvalue weighted by atomic mass is 16.2. The molecule has 1 aliphatic heterocycles. The first-order chi connectivity index (χ1) is 14.1. The van der Waals surface area contributed by atoms with Gasteiger partial charge in [0.25, 0.3) is 0 Å². The summed E-state index contributed by atoms with van der Waals surface area (Å²) in [4.78, 5) is 28.0. The highest BCUT2D eigenvalue weighted by Crippen LogP contribution is 2.32. The maximum Gasteiger partial charge on any atom is 0.247 e. The number of rotatable bonds is 5. The largest absolute Gasteiger partial charge is 0.331 e. The van der Waals surface area contributed by atoms with Crippen molar-refractivity contribution in [1.82, 2.24) is 29.6 Å². The Kier molecular flexibility index (Phi) is 5.33. The van der Waals surface area contributed by atoms with Crippen LogP contribution in [-0.4, -0.2) is 42.1 Å². The molecule has 8 nitrogen and oxygen atoms in total.